The van der Waals surface area contributed by atoms with Crippen molar-refractivity contribution in [2.75, 3.05) is 53.0 Å². The monoisotopic (exact) mass is 286 g/mol. The Morgan fingerprint density at radius 2 is 1.90 bits per heavy atom. The molecule has 1 aliphatic rings. The molecule has 0 spiro atoms. The molecule has 1 amide bonds. The smallest absolute Gasteiger partial charge is 0.307 e. The number of rotatable bonds is 7. The van der Waals surface area contributed by atoms with Crippen molar-refractivity contribution in [3.63, 3.8) is 0 Å². The van der Waals surface area contributed by atoms with Gasteiger partial charge in [0.15, 0.2) is 0 Å². The summed E-state index contributed by atoms with van der Waals surface area (Å²) >= 11 is 0. The molecule has 0 radical (unpaired) electrons. The minimum Gasteiger partial charge on any atom is -0.469 e. The molecule has 1 heterocycles. The van der Waals surface area contributed by atoms with Crippen molar-refractivity contribution in [2.45, 2.75) is 20.3 Å². The van der Waals surface area contributed by atoms with Crippen LogP contribution in [-0.4, -0.2) is 74.7 Å². The Hall–Kier alpha value is -1.14. The van der Waals surface area contributed by atoms with Crippen molar-refractivity contribution < 1.29 is 19.1 Å². The van der Waals surface area contributed by atoms with Gasteiger partial charge in [0.2, 0.25) is 5.91 Å². The van der Waals surface area contributed by atoms with E-state index in [-0.39, 0.29) is 24.2 Å². The summed E-state index contributed by atoms with van der Waals surface area (Å²) < 4.78 is 9.93. The number of carbonyl (C=O) groups excluding carboxylic acids is 2. The molecule has 0 unspecified atom stereocenters. The molecule has 0 aliphatic carbocycles. The molecular weight excluding hydrogens is 260 g/mol. The lowest BCUT2D eigenvalue weighted by Gasteiger charge is -2.30. The summed E-state index contributed by atoms with van der Waals surface area (Å²) in [6.07, 6.45) is 0.248. The highest BCUT2D eigenvalue weighted by Crippen LogP contribution is 2.05. The molecule has 1 saturated heterocycles. The van der Waals surface area contributed by atoms with E-state index in [1.165, 1.54) is 7.11 Å². The van der Waals surface area contributed by atoms with Crippen LogP contribution in [0.4, 0.5) is 0 Å². The van der Waals surface area contributed by atoms with E-state index in [0.717, 1.165) is 32.8 Å². The molecule has 1 fully saturated rings. The minimum absolute atomic E-state index is 0.0580. The lowest BCUT2D eigenvalue weighted by Crippen LogP contribution is -2.44. The lowest BCUT2D eigenvalue weighted by atomic mass is 10.2. The fraction of sp³-hybridized carbons (Fsp3) is 0.857. The van der Waals surface area contributed by atoms with Gasteiger partial charge in [0.25, 0.3) is 0 Å². The van der Waals surface area contributed by atoms with Gasteiger partial charge in [-0.25, -0.2) is 0 Å². The third-order valence-electron chi connectivity index (χ3n) is 3.41. The van der Waals surface area contributed by atoms with Crippen LogP contribution in [0.15, 0.2) is 0 Å². The topological polar surface area (TPSA) is 59.1 Å². The Balaban J connectivity index is 2.44. The van der Waals surface area contributed by atoms with Gasteiger partial charge in [0, 0.05) is 38.6 Å². The van der Waals surface area contributed by atoms with Crippen LogP contribution in [-0.2, 0) is 19.1 Å². The predicted octanol–water partition coefficient (Wildman–Crippen LogP) is 0.366. The summed E-state index contributed by atoms with van der Waals surface area (Å²) in [5, 5.41) is 0. The Morgan fingerprint density at radius 3 is 2.45 bits per heavy atom. The zero-order valence-corrected chi connectivity index (χ0v) is 12.8. The van der Waals surface area contributed by atoms with Crippen LogP contribution < -0.4 is 0 Å². The van der Waals surface area contributed by atoms with Gasteiger partial charge in [0.1, 0.15) is 0 Å². The summed E-state index contributed by atoms with van der Waals surface area (Å²) in [6.45, 7) is 8.96. The van der Waals surface area contributed by atoms with E-state index in [1.54, 1.807) is 4.90 Å². The van der Waals surface area contributed by atoms with Crippen LogP contribution in [0, 0.1) is 5.92 Å². The van der Waals surface area contributed by atoms with E-state index in [2.05, 4.69) is 9.64 Å². The fourth-order valence-corrected chi connectivity index (χ4v) is 2.11. The predicted molar refractivity (Wildman–Crippen MR) is 75.3 cm³/mol. The van der Waals surface area contributed by atoms with Crippen LogP contribution in [0.25, 0.3) is 0 Å². The fourth-order valence-electron chi connectivity index (χ4n) is 2.11. The molecule has 6 heteroatoms. The first kappa shape index (κ1) is 16.9. The number of nitrogens with zero attached hydrogens (tertiary/aromatic N) is 2. The van der Waals surface area contributed by atoms with Crippen LogP contribution in [0.3, 0.4) is 0 Å². The number of morpholine rings is 1. The Labute approximate surface area is 121 Å². The summed E-state index contributed by atoms with van der Waals surface area (Å²) in [5.74, 6) is -0.252. The van der Waals surface area contributed by atoms with Gasteiger partial charge in [-0.2, -0.15) is 0 Å². The first-order chi connectivity index (χ1) is 9.54. The summed E-state index contributed by atoms with van der Waals surface area (Å²) in [4.78, 5) is 27.4. The maximum Gasteiger partial charge on any atom is 0.307 e. The van der Waals surface area contributed by atoms with Gasteiger partial charge in [-0.15, -0.1) is 0 Å². The molecule has 0 aromatic carbocycles. The number of methoxy groups -OCH3 is 1. The van der Waals surface area contributed by atoms with E-state index in [0.29, 0.717) is 13.1 Å². The first-order valence-electron chi connectivity index (χ1n) is 7.20. The zero-order chi connectivity index (χ0) is 15.0. The molecule has 0 bridgehead atoms. The summed E-state index contributed by atoms with van der Waals surface area (Å²) in [7, 11) is 1.37. The Morgan fingerprint density at radius 1 is 1.25 bits per heavy atom. The Kier molecular flexibility index (Phi) is 7.54. The number of esters is 1. The number of hydrogen-bond acceptors (Lipinski definition) is 5. The molecule has 1 aliphatic heterocycles. The second-order valence-electron chi connectivity index (χ2n) is 5.26. The van der Waals surface area contributed by atoms with Crippen LogP contribution >= 0.6 is 0 Å². The third-order valence-corrected chi connectivity index (χ3v) is 3.41. The maximum absolute atomic E-state index is 12.1. The quantitative estimate of drug-likeness (QED) is 0.633. The number of hydrogen-bond donors (Lipinski definition) is 0. The molecule has 0 atom stereocenters. The normalized spacial score (nSPS) is 16.2. The van der Waals surface area contributed by atoms with Crippen LogP contribution in [0.2, 0.25) is 0 Å². The van der Waals surface area contributed by atoms with Crippen molar-refractivity contribution in [2.24, 2.45) is 5.92 Å². The van der Waals surface area contributed by atoms with Crippen LogP contribution in [0.1, 0.15) is 20.3 Å². The number of carbonyl (C=O) groups is 2. The highest BCUT2D eigenvalue weighted by Gasteiger charge is 2.19. The van der Waals surface area contributed by atoms with Crippen molar-refractivity contribution >= 4 is 11.9 Å². The van der Waals surface area contributed by atoms with Gasteiger partial charge < -0.3 is 14.4 Å². The molecule has 6 nitrogen and oxygen atoms in total. The van der Waals surface area contributed by atoms with E-state index < -0.39 is 0 Å². The van der Waals surface area contributed by atoms with Gasteiger partial charge >= 0.3 is 5.97 Å². The van der Waals surface area contributed by atoms with E-state index in [9.17, 15) is 9.59 Å². The van der Waals surface area contributed by atoms with Gasteiger partial charge in [-0.1, -0.05) is 13.8 Å². The first-order valence-corrected chi connectivity index (χ1v) is 7.20. The standard InChI is InChI=1S/C14H26N2O4/c1-12(2)14(18)16(5-4-13(17)19-3)7-6-15-8-10-20-11-9-15/h12H,4-11H2,1-3H3. The van der Waals surface area contributed by atoms with Crippen molar-refractivity contribution in [1.82, 2.24) is 9.80 Å². The second-order valence-corrected chi connectivity index (χ2v) is 5.26. The van der Waals surface area contributed by atoms with Crippen molar-refractivity contribution in [1.29, 1.82) is 0 Å². The van der Waals surface area contributed by atoms with Crippen LogP contribution in [0.5, 0.6) is 0 Å². The lowest BCUT2D eigenvalue weighted by molar-refractivity contribution is -0.142. The van der Waals surface area contributed by atoms with E-state index >= 15 is 0 Å². The molecule has 0 saturated carbocycles. The second kappa shape index (κ2) is 8.92. The minimum atomic E-state index is -0.280. The largest absolute Gasteiger partial charge is 0.469 e. The van der Waals surface area contributed by atoms with E-state index in [4.69, 9.17) is 4.74 Å². The maximum atomic E-state index is 12.1. The molecular formula is C14H26N2O4. The molecule has 20 heavy (non-hydrogen) atoms. The van der Waals surface area contributed by atoms with Gasteiger partial charge in [0.05, 0.1) is 26.7 Å². The van der Waals surface area contributed by atoms with E-state index in [1.807, 2.05) is 13.8 Å². The van der Waals surface area contributed by atoms with Crippen molar-refractivity contribution in [3.05, 3.63) is 0 Å². The summed E-state index contributed by atoms with van der Waals surface area (Å²) in [5.41, 5.74) is 0. The highest BCUT2D eigenvalue weighted by atomic mass is 16.5. The molecule has 0 aromatic rings. The SMILES string of the molecule is COC(=O)CCN(CCN1CCOCC1)C(=O)C(C)C. The molecule has 116 valence electrons. The van der Waals surface area contributed by atoms with Gasteiger partial charge in [-0.05, 0) is 0 Å². The van der Waals surface area contributed by atoms with Crippen molar-refractivity contribution in [3.8, 4) is 0 Å². The Bertz CT molecular complexity index is 314. The zero-order valence-electron chi connectivity index (χ0n) is 12.8. The summed E-state index contributed by atoms with van der Waals surface area (Å²) in [6, 6.07) is 0. The third kappa shape index (κ3) is 5.88. The molecule has 0 aromatic heterocycles. The highest BCUT2D eigenvalue weighted by molar-refractivity contribution is 5.79. The number of ether oxygens (including phenoxy) is 2. The average molecular weight is 286 g/mol. The average Bonchev–Trinajstić information content (AvgIpc) is 2.47. The molecule has 1 rings (SSSR count). The molecule has 0 N–H and O–H groups in total. The van der Waals surface area contributed by atoms with Gasteiger partial charge in [-0.3, -0.25) is 14.5 Å². The number of amides is 1.